The number of nitro groups is 1. The van der Waals surface area contributed by atoms with Gasteiger partial charge in [-0.15, -0.1) is 0 Å². The molecule has 7 nitrogen and oxygen atoms in total. The van der Waals surface area contributed by atoms with Gasteiger partial charge in [0.25, 0.3) is 0 Å². The number of ether oxygens (including phenoxy) is 1. The molecule has 140 valence electrons. The first kappa shape index (κ1) is 21.1. The summed E-state index contributed by atoms with van der Waals surface area (Å²) in [6.45, 7) is 5.64. The zero-order valence-electron chi connectivity index (χ0n) is 15.7. The van der Waals surface area contributed by atoms with Crippen molar-refractivity contribution in [3.05, 3.63) is 58.1 Å². The summed E-state index contributed by atoms with van der Waals surface area (Å²) in [5, 5.41) is 14.3. The monoisotopic (exact) mass is 358 g/mol. The van der Waals surface area contributed by atoms with Gasteiger partial charge in [0, 0.05) is 23.7 Å². The summed E-state index contributed by atoms with van der Waals surface area (Å²) in [6, 6.07) is 12.6. The van der Waals surface area contributed by atoms with E-state index in [1.165, 1.54) is 20.2 Å². The van der Waals surface area contributed by atoms with Gasteiger partial charge in [-0.25, -0.2) is 0 Å². The van der Waals surface area contributed by atoms with E-state index in [2.05, 4.69) is 16.0 Å². The lowest BCUT2D eigenvalue weighted by molar-refractivity contribution is -0.385. The SMILES string of the molecule is CC.CN.COc1c(-c2ccc(C3=NCCN3)cc2)cccc1[N+](=O)[O-]. The Kier molecular flexibility index (Phi) is 8.80. The highest BCUT2D eigenvalue weighted by atomic mass is 16.6. The second kappa shape index (κ2) is 10.8. The Morgan fingerprint density at radius 3 is 2.23 bits per heavy atom. The maximum Gasteiger partial charge on any atom is 0.311 e. The highest BCUT2D eigenvalue weighted by molar-refractivity contribution is 6.00. The summed E-state index contributed by atoms with van der Waals surface area (Å²) < 4.78 is 5.24. The highest BCUT2D eigenvalue weighted by Gasteiger charge is 2.19. The fraction of sp³-hybridized carbons (Fsp3) is 0.316. The summed E-state index contributed by atoms with van der Waals surface area (Å²) in [5.41, 5.74) is 7.03. The number of amidine groups is 1. The van der Waals surface area contributed by atoms with E-state index >= 15 is 0 Å². The first-order valence-corrected chi connectivity index (χ1v) is 8.49. The van der Waals surface area contributed by atoms with Gasteiger partial charge < -0.3 is 15.8 Å². The molecule has 0 unspecified atom stereocenters. The lowest BCUT2D eigenvalue weighted by Crippen LogP contribution is -2.19. The minimum absolute atomic E-state index is 0.0362. The van der Waals surface area contributed by atoms with Gasteiger partial charge in [0.2, 0.25) is 5.75 Å². The predicted molar refractivity (Wildman–Crippen MR) is 106 cm³/mol. The molecule has 0 spiro atoms. The van der Waals surface area contributed by atoms with E-state index in [1.807, 2.05) is 44.2 Å². The molecule has 26 heavy (non-hydrogen) atoms. The van der Waals surface area contributed by atoms with Crippen LogP contribution < -0.4 is 15.8 Å². The number of benzene rings is 2. The van der Waals surface area contributed by atoms with Crippen LogP contribution in [0.3, 0.4) is 0 Å². The summed E-state index contributed by atoms with van der Waals surface area (Å²) in [6.07, 6.45) is 0. The average molecular weight is 358 g/mol. The van der Waals surface area contributed by atoms with Crippen LogP contribution >= 0.6 is 0 Å². The first-order valence-electron chi connectivity index (χ1n) is 8.49. The first-order chi connectivity index (χ1) is 12.7. The molecule has 1 aliphatic heterocycles. The Morgan fingerprint density at radius 1 is 1.12 bits per heavy atom. The van der Waals surface area contributed by atoms with Crippen molar-refractivity contribution < 1.29 is 9.66 Å². The van der Waals surface area contributed by atoms with Gasteiger partial charge >= 0.3 is 5.69 Å². The Morgan fingerprint density at radius 2 is 1.73 bits per heavy atom. The normalized spacial score (nSPS) is 11.8. The molecule has 2 aromatic carbocycles. The number of para-hydroxylation sites is 1. The van der Waals surface area contributed by atoms with E-state index in [0.29, 0.717) is 5.56 Å². The van der Waals surface area contributed by atoms with Crippen molar-refractivity contribution in [2.75, 3.05) is 27.2 Å². The van der Waals surface area contributed by atoms with Crippen LogP contribution in [0.4, 0.5) is 5.69 Å². The standard InChI is InChI=1S/C16H15N3O3.C2H6.CH5N/c1-22-15-13(3-2-4-14(15)19(20)21)11-5-7-12(8-6-11)16-17-9-10-18-16;2*1-2/h2-8H,9-10H2,1H3,(H,17,18);1-2H3;2H2,1H3. The number of nitrogens with zero attached hydrogens (tertiary/aromatic N) is 2. The number of hydrogen-bond donors (Lipinski definition) is 2. The zero-order valence-corrected chi connectivity index (χ0v) is 15.7. The number of nitrogens with two attached hydrogens (primary N) is 1. The molecule has 0 fully saturated rings. The molecule has 2 aromatic rings. The van der Waals surface area contributed by atoms with E-state index < -0.39 is 4.92 Å². The number of methoxy groups -OCH3 is 1. The molecule has 0 aliphatic carbocycles. The molecule has 0 saturated carbocycles. The smallest absolute Gasteiger partial charge is 0.311 e. The quantitative estimate of drug-likeness (QED) is 0.645. The molecule has 0 radical (unpaired) electrons. The van der Waals surface area contributed by atoms with Crippen LogP contribution in [-0.2, 0) is 0 Å². The Hall–Kier alpha value is -2.93. The van der Waals surface area contributed by atoms with Crippen LogP contribution in [0, 0.1) is 10.1 Å². The van der Waals surface area contributed by atoms with E-state index in [0.717, 1.165) is 30.1 Å². The maximum atomic E-state index is 11.1. The van der Waals surface area contributed by atoms with Crippen LogP contribution in [0.25, 0.3) is 11.1 Å². The lowest BCUT2D eigenvalue weighted by Gasteiger charge is -2.10. The summed E-state index contributed by atoms with van der Waals surface area (Å²) in [7, 11) is 2.94. The van der Waals surface area contributed by atoms with Gasteiger partial charge in [-0.2, -0.15) is 0 Å². The molecule has 0 atom stereocenters. The highest BCUT2D eigenvalue weighted by Crippen LogP contribution is 2.37. The van der Waals surface area contributed by atoms with Crippen LogP contribution in [0.15, 0.2) is 47.5 Å². The van der Waals surface area contributed by atoms with Crippen molar-refractivity contribution in [1.82, 2.24) is 5.32 Å². The van der Waals surface area contributed by atoms with Gasteiger partial charge in [-0.3, -0.25) is 15.1 Å². The molecule has 3 rings (SSSR count). The zero-order chi connectivity index (χ0) is 19.5. The third kappa shape index (κ3) is 4.80. The third-order valence-corrected chi connectivity index (χ3v) is 3.54. The van der Waals surface area contributed by atoms with Gasteiger partial charge in [-0.1, -0.05) is 50.2 Å². The Labute approximate surface area is 154 Å². The molecule has 0 bridgehead atoms. The van der Waals surface area contributed by atoms with Gasteiger partial charge in [-0.05, 0) is 12.6 Å². The second-order valence-corrected chi connectivity index (χ2v) is 4.85. The number of nitrogens with one attached hydrogen (secondary N) is 1. The number of aliphatic imine (C=N–C) groups is 1. The number of rotatable bonds is 4. The average Bonchev–Trinajstić information content (AvgIpc) is 3.25. The molecular weight excluding hydrogens is 332 g/mol. The molecule has 1 aliphatic rings. The molecule has 0 aromatic heterocycles. The van der Waals surface area contributed by atoms with E-state index in [9.17, 15) is 10.1 Å². The van der Waals surface area contributed by atoms with Gasteiger partial charge in [0.15, 0.2) is 0 Å². The minimum atomic E-state index is -0.437. The lowest BCUT2D eigenvalue weighted by atomic mass is 10.0. The second-order valence-electron chi connectivity index (χ2n) is 4.85. The number of nitro benzene ring substituents is 1. The summed E-state index contributed by atoms with van der Waals surface area (Å²) in [5.74, 6) is 1.16. The Bertz CT molecular complexity index is 743. The Balaban J connectivity index is 0.000000791. The third-order valence-electron chi connectivity index (χ3n) is 3.54. The van der Waals surface area contributed by atoms with Crippen molar-refractivity contribution in [3.8, 4) is 16.9 Å². The predicted octanol–water partition coefficient (Wildman–Crippen LogP) is 3.22. The fourth-order valence-electron chi connectivity index (χ4n) is 2.51. The number of hydrogen-bond acceptors (Lipinski definition) is 6. The van der Waals surface area contributed by atoms with Gasteiger partial charge in [0.1, 0.15) is 5.84 Å². The minimum Gasteiger partial charge on any atom is -0.490 e. The van der Waals surface area contributed by atoms with E-state index in [1.54, 1.807) is 6.07 Å². The van der Waals surface area contributed by atoms with Crippen LogP contribution in [0.1, 0.15) is 19.4 Å². The van der Waals surface area contributed by atoms with Crippen LogP contribution in [0.2, 0.25) is 0 Å². The van der Waals surface area contributed by atoms with E-state index in [-0.39, 0.29) is 11.4 Å². The maximum absolute atomic E-state index is 11.1. The largest absolute Gasteiger partial charge is 0.490 e. The van der Waals surface area contributed by atoms with Gasteiger partial charge in [0.05, 0.1) is 18.6 Å². The fourth-order valence-corrected chi connectivity index (χ4v) is 2.51. The molecule has 0 amide bonds. The van der Waals surface area contributed by atoms with Crippen molar-refractivity contribution >= 4 is 11.5 Å². The molecule has 1 heterocycles. The van der Waals surface area contributed by atoms with Crippen molar-refractivity contribution in [3.63, 3.8) is 0 Å². The van der Waals surface area contributed by atoms with Crippen LogP contribution in [-0.4, -0.2) is 38.0 Å². The summed E-state index contributed by atoms with van der Waals surface area (Å²) >= 11 is 0. The molecule has 7 heteroatoms. The topological polar surface area (TPSA) is 103 Å². The van der Waals surface area contributed by atoms with Crippen LogP contribution in [0.5, 0.6) is 5.75 Å². The molecule has 0 saturated heterocycles. The van der Waals surface area contributed by atoms with Crippen molar-refractivity contribution in [1.29, 1.82) is 0 Å². The molecule has 3 N–H and O–H groups in total. The van der Waals surface area contributed by atoms with Crippen molar-refractivity contribution in [2.45, 2.75) is 13.8 Å². The summed E-state index contributed by atoms with van der Waals surface area (Å²) in [4.78, 5) is 15.0. The van der Waals surface area contributed by atoms with Crippen molar-refractivity contribution in [2.24, 2.45) is 10.7 Å². The van der Waals surface area contributed by atoms with E-state index in [4.69, 9.17) is 4.74 Å². The molecular formula is C19H26N4O3.